The van der Waals surface area contributed by atoms with E-state index in [1.54, 1.807) is 36.5 Å². The monoisotopic (exact) mass is 492 g/mol. The molecule has 0 aliphatic carbocycles. The fourth-order valence-electron chi connectivity index (χ4n) is 5.08. The lowest BCUT2D eigenvalue weighted by Gasteiger charge is -2.42. The van der Waals surface area contributed by atoms with E-state index in [4.69, 9.17) is 4.74 Å². The van der Waals surface area contributed by atoms with Crippen LogP contribution in [0.25, 0.3) is 16.6 Å². The van der Waals surface area contributed by atoms with Gasteiger partial charge in [0, 0.05) is 61.8 Å². The molecule has 0 spiro atoms. The van der Waals surface area contributed by atoms with Crippen LogP contribution in [-0.2, 0) is 14.8 Å². The van der Waals surface area contributed by atoms with Gasteiger partial charge in [0.15, 0.2) is 0 Å². The van der Waals surface area contributed by atoms with E-state index in [2.05, 4.69) is 33.0 Å². The summed E-state index contributed by atoms with van der Waals surface area (Å²) in [5.74, 6) is 0. The molecule has 2 atom stereocenters. The maximum absolute atomic E-state index is 13.1. The first-order valence-corrected chi connectivity index (χ1v) is 13.7. The molecule has 3 heterocycles. The number of aromatic nitrogens is 1. The molecule has 1 N–H and O–H groups in total. The molecular formula is C27H32N4O3S. The second kappa shape index (κ2) is 9.97. The topological polar surface area (TPSA) is 74.8 Å². The van der Waals surface area contributed by atoms with E-state index in [1.165, 1.54) is 6.42 Å². The van der Waals surface area contributed by atoms with Crippen LogP contribution in [0.4, 0.5) is 5.69 Å². The Morgan fingerprint density at radius 1 is 1.14 bits per heavy atom. The molecule has 0 saturated carbocycles. The third-order valence-corrected chi connectivity index (χ3v) is 8.31. The van der Waals surface area contributed by atoms with Gasteiger partial charge in [0.2, 0.25) is 0 Å². The number of para-hydroxylation sites is 1. The molecule has 3 aromatic rings. The Kier molecular flexibility index (Phi) is 6.77. The summed E-state index contributed by atoms with van der Waals surface area (Å²) in [5, 5.41) is 0.784. The molecule has 2 aliphatic rings. The number of hydrogen-bond acceptors (Lipinski definition) is 6. The van der Waals surface area contributed by atoms with Crippen molar-refractivity contribution in [3.63, 3.8) is 0 Å². The summed E-state index contributed by atoms with van der Waals surface area (Å²) >= 11 is 0. The van der Waals surface area contributed by atoms with Gasteiger partial charge in [-0.15, -0.1) is 0 Å². The number of fused-ring (bicyclic) bond motifs is 1. The average molecular weight is 493 g/mol. The van der Waals surface area contributed by atoms with Gasteiger partial charge in [-0.2, -0.15) is 0 Å². The second-order valence-electron chi connectivity index (χ2n) is 9.40. The molecule has 35 heavy (non-hydrogen) atoms. The first-order chi connectivity index (χ1) is 16.9. The number of hydrogen-bond donors (Lipinski definition) is 1. The highest BCUT2D eigenvalue weighted by Crippen LogP contribution is 2.27. The highest BCUT2D eigenvalue weighted by molar-refractivity contribution is 7.93. The summed E-state index contributed by atoms with van der Waals surface area (Å²) in [4.78, 5) is 9.27. The first-order valence-electron chi connectivity index (χ1n) is 12.2. The van der Waals surface area contributed by atoms with E-state index >= 15 is 0 Å². The van der Waals surface area contributed by atoms with Gasteiger partial charge >= 0.3 is 0 Å². The average Bonchev–Trinajstić information content (AvgIpc) is 3.37. The molecule has 0 amide bonds. The summed E-state index contributed by atoms with van der Waals surface area (Å²) in [6.07, 6.45) is 4.31. The fraction of sp³-hybridized carbons (Fsp3) is 0.370. The zero-order valence-corrected chi connectivity index (χ0v) is 20.9. The van der Waals surface area contributed by atoms with E-state index in [0.717, 1.165) is 55.9 Å². The van der Waals surface area contributed by atoms with Crippen LogP contribution in [0.15, 0.2) is 72.3 Å². The Hall–Kier alpha value is -2.94. The molecule has 7 nitrogen and oxygen atoms in total. The van der Waals surface area contributed by atoms with E-state index in [0.29, 0.717) is 23.3 Å². The van der Waals surface area contributed by atoms with Gasteiger partial charge in [-0.1, -0.05) is 36.9 Å². The minimum atomic E-state index is -3.78. The number of pyridine rings is 1. The predicted octanol–water partition coefficient (Wildman–Crippen LogP) is 4.19. The Morgan fingerprint density at radius 3 is 2.69 bits per heavy atom. The largest absolute Gasteiger partial charge is 0.377 e. The number of sulfonamides is 1. The number of piperazine rings is 1. The van der Waals surface area contributed by atoms with Crippen molar-refractivity contribution < 1.29 is 13.2 Å². The van der Waals surface area contributed by atoms with Crippen LogP contribution in [0, 0.1) is 0 Å². The normalized spacial score (nSPS) is 21.3. The predicted molar refractivity (Wildman–Crippen MR) is 140 cm³/mol. The minimum absolute atomic E-state index is 0.166. The van der Waals surface area contributed by atoms with Crippen molar-refractivity contribution in [1.82, 2.24) is 14.8 Å². The Balaban J connectivity index is 1.24. The van der Waals surface area contributed by atoms with Crippen molar-refractivity contribution in [1.29, 1.82) is 0 Å². The summed E-state index contributed by atoms with van der Waals surface area (Å²) in [7, 11) is -3.78. The van der Waals surface area contributed by atoms with Gasteiger partial charge in [0.1, 0.15) is 4.90 Å². The number of ether oxygens (including phenoxy) is 1. The number of anilines is 1. The number of rotatable bonds is 7. The van der Waals surface area contributed by atoms with Gasteiger partial charge in [-0.3, -0.25) is 14.6 Å². The van der Waals surface area contributed by atoms with Gasteiger partial charge in [0.05, 0.1) is 11.6 Å². The van der Waals surface area contributed by atoms with Crippen LogP contribution in [0.2, 0.25) is 0 Å². The van der Waals surface area contributed by atoms with Crippen LogP contribution in [0.1, 0.15) is 25.3 Å². The maximum Gasteiger partial charge on any atom is 0.264 e. The van der Waals surface area contributed by atoms with Crippen molar-refractivity contribution in [2.24, 2.45) is 0 Å². The van der Waals surface area contributed by atoms with E-state index < -0.39 is 10.0 Å². The summed E-state index contributed by atoms with van der Waals surface area (Å²) < 4.78 is 34.7. The van der Waals surface area contributed by atoms with Crippen molar-refractivity contribution >= 4 is 32.3 Å². The third kappa shape index (κ3) is 5.19. The molecule has 2 aromatic carbocycles. The molecule has 2 saturated heterocycles. The first kappa shape index (κ1) is 23.8. The summed E-state index contributed by atoms with van der Waals surface area (Å²) in [5.41, 5.74) is 2.91. The molecular weight excluding hydrogens is 460 g/mol. The second-order valence-corrected chi connectivity index (χ2v) is 11.0. The summed E-state index contributed by atoms with van der Waals surface area (Å²) in [6.45, 7) is 11.4. The zero-order chi connectivity index (χ0) is 24.4. The van der Waals surface area contributed by atoms with E-state index in [-0.39, 0.29) is 4.90 Å². The molecule has 8 heteroatoms. The van der Waals surface area contributed by atoms with Crippen LogP contribution >= 0.6 is 0 Å². The Bertz CT molecular complexity index is 1300. The standard InChI is InChI=1S/C27H32N4O3S/c1-20-18-30(19-25-8-5-17-34-25)15-16-31(20)21(2)22-10-12-24(13-11-22)29-35(32,33)26-9-3-6-23-7-4-14-28-27(23)26/h3-4,6-7,9-14,20,25,29H,2,5,8,15-19H2,1H3. The molecule has 184 valence electrons. The van der Waals surface area contributed by atoms with Crippen molar-refractivity contribution in [3.05, 3.63) is 72.9 Å². The molecule has 2 aliphatic heterocycles. The third-order valence-electron chi connectivity index (χ3n) is 6.90. The Morgan fingerprint density at radius 2 is 1.94 bits per heavy atom. The van der Waals surface area contributed by atoms with Crippen LogP contribution in [-0.4, -0.2) is 68.1 Å². The van der Waals surface area contributed by atoms with Gasteiger partial charge < -0.3 is 9.64 Å². The van der Waals surface area contributed by atoms with Gasteiger partial charge in [-0.05, 0) is 49.6 Å². The van der Waals surface area contributed by atoms with Crippen LogP contribution < -0.4 is 4.72 Å². The SMILES string of the molecule is C=C(c1ccc(NS(=O)(=O)c2cccc3cccnc23)cc1)N1CCN(CC2CCCO2)CC1C. The van der Waals surface area contributed by atoms with Gasteiger partial charge in [-0.25, -0.2) is 8.42 Å². The number of nitrogens with zero attached hydrogens (tertiary/aromatic N) is 3. The van der Waals surface area contributed by atoms with Crippen LogP contribution in [0.3, 0.4) is 0 Å². The molecule has 0 bridgehead atoms. The van der Waals surface area contributed by atoms with Crippen molar-refractivity contribution in [2.45, 2.75) is 36.8 Å². The Labute approximate surface area is 207 Å². The van der Waals surface area contributed by atoms with Crippen LogP contribution in [0.5, 0.6) is 0 Å². The maximum atomic E-state index is 13.1. The smallest absolute Gasteiger partial charge is 0.264 e. The quantitative estimate of drug-likeness (QED) is 0.533. The molecule has 1 aromatic heterocycles. The highest BCUT2D eigenvalue weighted by atomic mass is 32.2. The minimum Gasteiger partial charge on any atom is -0.377 e. The lowest BCUT2D eigenvalue weighted by Crippen LogP contribution is -2.52. The van der Waals surface area contributed by atoms with E-state index in [1.807, 2.05) is 24.3 Å². The summed E-state index contributed by atoms with van der Waals surface area (Å²) in [6, 6.07) is 16.6. The van der Waals surface area contributed by atoms with Crippen molar-refractivity contribution in [2.75, 3.05) is 37.5 Å². The molecule has 5 rings (SSSR count). The molecule has 0 radical (unpaired) electrons. The van der Waals surface area contributed by atoms with Gasteiger partial charge in [0.25, 0.3) is 10.0 Å². The number of benzene rings is 2. The molecule has 2 fully saturated rings. The zero-order valence-electron chi connectivity index (χ0n) is 20.1. The fourth-order valence-corrected chi connectivity index (χ4v) is 6.32. The molecule has 2 unspecified atom stereocenters. The van der Waals surface area contributed by atoms with Crippen molar-refractivity contribution in [3.8, 4) is 0 Å². The highest BCUT2D eigenvalue weighted by Gasteiger charge is 2.28. The lowest BCUT2D eigenvalue weighted by atomic mass is 10.1. The number of nitrogens with one attached hydrogen (secondary N) is 1. The lowest BCUT2D eigenvalue weighted by molar-refractivity contribution is 0.0472. The van der Waals surface area contributed by atoms with E-state index in [9.17, 15) is 8.42 Å².